The largest absolute Gasteiger partial charge is 0.394 e. The molecule has 0 radical (unpaired) electrons. The Morgan fingerprint density at radius 3 is 2.32 bits per heavy atom. The summed E-state index contributed by atoms with van der Waals surface area (Å²) in [6.45, 7) is 15.6. The second kappa shape index (κ2) is 14.8. The van der Waals surface area contributed by atoms with Gasteiger partial charge in [0.1, 0.15) is 6.04 Å². The van der Waals surface area contributed by atoms with Crippen molar-refractivity contribution in [2.24, 2.45) is 5.41 Å². The van der Waals surface area contributed by atoms with Crippen LogP contribution in [0.3, 0.4) is 0 Å². The Labute approximate surface area is 207 Å². The van der Waals surface area contributed by atoms with Gasteiger partial charge in [-0.05, 0) is 69.4 Å². The monoisotopic (exact) mass is 470 g/mol. The van der Waals surface area contributed by atoms with E-state index in [9.17, 15) is 14.7 Å². The van der Waals surface area contributed by atoms with Crippen LogP contribution >= 0.6 is 0 Å². The molecule has 1 rings (SSSR count). The second-order valence-electron chi connectivity index (χ2n) is 9.99. The Morgan fingerprint density at radius 2 is 1.76 bits per heavy atom. The Kier molecular flexibility index (Phi) is 12.9. The van der Waals surface area contributed by atoms with Crippen LogP contribution in [0.2, 0.25) is 0 Å². The SMILES string of the molecule is CCCN(CCC)C(=O)[C@H](CO)NC(=O)C=C(C)C=CC=C(C)C=CC1=C(C)CCCC1(C)C. The van der Waals surface area contributed by atoms with Crippen LogP contribution in [0, 0.1) is 5.41 Å². The van der Waals surface area contributed by atoms with Crippen molar-refractivity contribution < 1.29 is 14.7 Å². The third-order valence-electron chi connectivity index (χ3n) is 6.23. The molecule has 0 aromatic heterocycles. The average Bonchev–Trinajstić information content (AvgIpc) is 2.76. The smallest absolute Gasteiger partial charge is 0.247 e. The Bertz CT molecular complexity index is 837. The van der Waals surface area contributed by atoms with Gasteiger partial charge in [-0.25, -0.2) is 0 Å². The first kappa shape index (κ1) is 29.6. The number of carbonyl (C=O) groups is 2. The van der Waals surface area contributed by atoms with E-state index in [-0.39, 0.29) is 17.2 Å². The predicted octanol–water partition coefficient (Wildman–Crippen LogP) is 5.64. The predicted molar refractivity (Wildman–Crippen MR) is 142 cm³/mol. The number of hydrogen-bond donors (Lipinski definition) is 2. The molecular weight excluding hydrogens is 424 g/mol. The normalized spacial score (nSPS) is 18.0. The van der Waals surface area contributed by atoms with E-state index in [4.69, 9.17) is 0 Å². The number of allylic oxidation sites excluding steroid dienone is 9. The maximum absolute atomic E-state index is 12.7. The highest BCUT2D eigenvalue weighted by atomic mass is 16.3. The molecule has 5 heteroatoms. The first-order valence-corrected chi connectivity index (χ1v) is 12.7. The van der Waals surface area contributed by atoms with Crippen LogP contribution < -0.4 is 5.32 Å². The molecule has 2 amide bonds. The number of rotatable bonds is 12. The van der Waals surface area contributed by atoms with Gasteiger partial charge < -0.3 is 15.3 Å². The molecule has 1 atom stereocenters. The zero-order valence-corrected chi connectivity index (χ0v) is 22.4. The standard InChI is InChI=1S/C29H46N2O3/c1-8-18-31(19-9-2)28(34)26(21-32)30-27(33)20-23(4)13-10-12-22(3)15-16-25-24(5)14-11-17-29(25,6)7/h10,12-13,15-16,20,26,32H,8-9,11,14,17-19,21H2,1-7H3,(H,30,33)/t26-/m0/s1. The number of carbonyl (C=O) groups excluding carboxylic acids is 2. The van der Waals surface area contributed by atoms with Gasteiger partial charge in [-0.15, -0.1) is 0 Å². The summed E-state index contributed by atoms with van der Waals surface area (Å²) in [7, 11) is 0. The number of aliphatic hydroxyl groups excluding tert-OH is 1. The first-order valence-electron chi connectivity index (χ1n) is 12.7. The van der Waals surface area contributed by atoms with E-state index >= 15 is 0 Å². The summed E-state index contributed by atoms with van der Waals surface area (Å²) in [5, 5.41) is 12.3. The van der Waals surface area contributed by atoms with Crippen LogP contribution in [-0.2, 0) is 9.59 Å². The van der Waals surface area contributed by atoms with E-state index in [0.29, 0.717) is 13.1 Å². The number of aliphatic hydroxyl groups is 1. The molecule has 0 aliphatic heterocycles. The molecule has 0 unspecified atom stereocenters. The summed E-state index contributed by atoms with van der Waals surface area (Å²) in [4.78, 5) is 26.8. The van der Waals surface area contributed by atoms with Crippen molar-refractivity contribution in [3.8, 4) is 0 Å². The minimum atomic E-state index is -0.923. The first-order chi connectivity index (χ1) is 16.0. The third-order valence-corrected chi connectivity index (χ3v) is 6.23. The summed E-state index contributed by atoms with van der Waals surface area (Å²) in [5.41, 5.74) is 5.04. The van der Waals surface area contributed by atoms with Gasteiger partial charge in [-0.3, -0.25) is 9.59 Å². The van der Waals surface area contributed by atoms with Crippen LogP contribution in [0.5, 0.6) is 0 Å². The highest BCUT2D eigenvalue weighted by Crippen LogP contribution is 2.40. The van der Waals surface area contributed by atoms with Crippen LogP contribution in [0.4, 0.5) is 0 Å². The zero-order valence-electron chi connectivity index (χ0n) is 22.4. The quantitative estimate of drug-likeness (QED) is 0.286. The van der Waals surface area contributed by atoms with E-state index in [1.54, 1.807) is 4.90 Å². The van der Waals surface area contributed by atoms with Gasteiger partial charge in [-0.2, -0.15) is 0 Å². The molecule has 190 valence electrons. The van der Waals surface area contributed by atoms with Crippen molar-refractivity contribution in [2.45, 2.75) is 86.6 Å². The molecule has 34 heavy (non-hydrogen) atoms. The summed E-state index contributed by atoms with van der Waals surface area (Å²) in [5.74, 6) is -0.622. The Balaban J connectivity index is 2.75. The van der Waals surface area contributed by atoms with Crippen molar-refractivity contribution in [3.63, 3.8) is 0 Å². The zero-order chi connectivity index (χ0) is 25.7. The lowest BCUT2D eigenvalue weighted by Gasteiger charge is -2.32. The molecule has 0 bridgehead atoms. The molecule has 0 aromatic carbocycles. The van der Waals surface area contributed by atoms with Gasteiger partial charge in [0.15, 0.2) is 0 Å². The van der Waals surface area contributed by atoms with Crippen LogP contribution in [0.15, 0.2) is 58.7 Å². The second-order valence-corrected chi connectivity index (χ2v) is 9.99. The average molecular weight is 471 g/mol. The minimum absolute atomic E-state index is 0.222. The number of hydrogen-bond acceptors (Lipinski definition) is 3. The Hall–Kier alpha value is -2.40. The van der Waals surface area contributed by atoms with Crippen LogP contribution in [0.25, 0.3) is 0 Å². The fraction of sp³-hybridized carbons (Fsp3) is 0.586. The maximum atomic E-state index is 12.7. The van der Waals surface area contributed by atoms with Gasteiger partial charge in [-0.1, -0.05) is 69.2 Å². The van der Waals surface area contributed by atoms with E-state index in [1.165, 1.54) is 36.5 Å². The lowest BCUT2D eigenvalue weighted by atomic mass is 9.72. The van der Waals surface area contributed by atoms with Crippen LogP contribution in [0.1, 0.15) is 80.6 Å². The topological polar surface area (TPSA) is 69.6 Å². The van der Waals surface area contributed by atoms with Crippen molar-refractivity contribution in [3.05, 3.63) is 58.7 Å². The third kappa shape index (κ3) is 9.84. The van der Waals surface area contributed by atoms with Gasteiger partial charge in [0.25, 0.3) is 0 Å². The van der Waals surface area contributed by atoms with E-state index in [1.807, 2.05) is 39.0 Å². The van der Waals surface area contributed by atoms with Crippen LogP contribution in [-0.4, -0.2) is 47.6 Å². The van der Waals surface area contributed by atoms with Crippen molar-refractivity contribution in [2.75, 3.05) is 19.7 Å². The molecule has 0 saturated carbocycles. The fourth-order valence-electron chi connectivity index (χ4n) is 4.38. The molecule has 0 aromatic rings. The lowest BCUT2D eigenvalue weighted by molar-refractivity contribution is -0.136. The molecule has 0 heterocycles. The molecular formula is C29H46N2O3. The highest BCUT2D eigenvalue weighted by molar-refractivity contribution is 5.93. The van der Waals surface area contributed by atoms with E-state index in [2.05, 4.69) is 45.2 Å². The van der Waals surface area contributed by atoms with Gasteiger partial charge in [0.2, 0.25) is 11.8 Å². The summed E-state index contributed by atoms with van der Waals surface area (Å²) in [6.07, 6.45) is 17.0. The van der Waals surface area contributed by atoms with Crippen molar-refractivity contribution in [1.82, 2.24) is 10.2 Å². The summed E-state index contributed by atoms with van der Waals surface area (Å²) >= 11 is 0. The molecule has 0 spiro atoms. The molecule has 2 N–H and O–H groups in total. The van der Waals surface area contributed by atoms with Gasteiger partial charge in [0.05, 0.1) is 6.61 Å². The van der Waals surface area contributed by atoms with Gasteiger partial charge >= 0.3 is 0 Å². The molecule has 0 saturated heterocycles. The number of amides is 2. The minimum Gasteiger partial charge on any atom is -0.394 e. The fourth-order valence-corrected chi connectivity index (χ4v) is 4.38. The number of nitrogens with zero attached hydrogens (tertiary/aromatic N) is 1. The van der Waals surface area contributed by atoms with E-state index in [0.717, 1.165) is 24.0 Å². The maximum Gasteiger partial charge on any atom is 0.247 e. The highest BCUT2D eigenvalue weighted by Gasteiger charge is 2.26. The van der Waals surface area contributed by atoms with Crippen molar-refractivity contribution >= 4 is 11.8 Å². The molecule has 1 aliphatic rings. The summed E-state index contributed by atoms with van der Waals surface area (Å²) < 4.78 is 0. The van der Waals surface area contributed by atoms with E-state index < -0.39 is 12.6 Å². The Morgan fingerprint density at radius 1 is 1.12 bits per heavy atom. The van der Waals surface area contributed by atoms with Gasteiger partial charge in [0, 0.05) is 19.2 Å². The molecule has 1 aliphatic carbocycles. The lowest BCUT2D eigenvalue weighted by Crippen LogP contribution is -2.50. The molecule has 0 fully saturated rings. The number of nitrogens with one attached hydrogen (secondary N) is 1. The molecule has 5 nitrogen and oxygen atoms in total. The van der Waals surface area contributed by atoms with Crippen molar-refractivity contribution in [1.29, 1.82) is 0 Å². The summed E-state index contributed by atoms with van der Waals surface area (Å²) in [6, 6.07) is -0.923.